The molecule has 3 saturated carbocycles. The molecule has 0 radical (unpaired) electrons. The van der Waals surface area contributed by atoms with Gasteiger partial charge in [0.2, 0.25) is 0 Å². The fourth-order valence-electron chi connectivity index (χ4n) is 4.69. The number of fused-ring (bicyclic) bond motifs is 5. The van der Waals surface area contributed by atoms with Gasteiger partial charge in [0.15, 0.2) is 0 Å². The Morgan fingerprint density at radius 1 is 1.22 bits per heavy atom. The van der Waals surface area contributed by atoms with Crippen LogP contribution in [0.25, 0.3) is 0 Å². The normalized spacial score (nSPS) is 41.8. The van der Waals surface area contributed by atoms with E-state index in [1.54, 1.807) is 0 Å². The van der Waals surface area contributed by atoms with Crippen molar-refractivity contribution in [3.05, 3.63) is 34.1 Å². The number of alkyl halides is 1. The lowest BCUT2D eigenvalue weighted by atomic mass is 9.97. The molecule has 3 aliphatic carbocycles. The summed E-state index contributed by atoms with van der Waals surface area (Å²) < 4.78 is 13.8. The zero-order chi connectivity index (χ0) is 12.4. The van der Waals surface area contributed by atoms with Gasteiger partial charge in [-0.2, -0.15) is 0 Å². The van der Waals surface area contributed by atoms with Gasteiger partial charge in [-0.15, -0.1) is 11.6 Å². The number of rotatable bonds is 2. The van der Waals surface area contributed by atoms with Gasteiger partial charge in [0.1, 0.15) is 5.82 Å². The summed E-state index contributed by atoms with van der Waals surface area (Å²) in [5.74, 6) is 4.06. The zero-order valence-corrected chi connectivity index (χ0v) is 12.3. The summed E-state index contributed by atoms with van der Waals surface area (Å²) in [6.07, 6.45) is 4.28. The number of hydrogen-bond acceptors (Lipinski definition) is 0. The SMILES string of the molecule is Fc1ccc(C(Cl)C2C3C4CCC(C4)C32)cc1Br. The van der Waals surface area contributed by atoms with Gasteiger partial charge < -0.3 is 0 Å². The first kappa shape index (κ1) is 11.7. The van der Waals surface area contributed by atoms with Gasteiger partial charge in [0.05, 0.1) is 9.85 Å². The van der Waals surface area contributed by atoms with Crippen molar-refractivity contribution in [2.45, 2.75) is 24.6 Å². The molecule has 0 N–H and O–H groups in total. The van der Waals surface area contributed by atoms with E-state index in [-0.39, 0.29) is 11.2 Å². The van der Waals surface area contributed by atoms with E-state index >= 15 is 0 Å². The second-order valence-corrected chi connectivity index (χ2v) is 7.47. The Kier molecular flexibility index (Phi) is 2.58. The quantitative estimate of drug-likeness (QED) is 0.657. The second kappa shape index (κ2) is 3.96. The van der Waals surface area contributed by atoms with Crippen LogP contribution in [0.3, 0.4) is 0 Å². The highest BCUT2D eigenvalue weighted by atomic mass is 79.9. The molecule has 0 aliphatic heterocycles. The summed E-state index contributed by atoms with van der Waals surface area (Å²) in [5, 5.41) is 0.0697. The molecule has 2 bridgehead atoms. The van der Waals surface area contributed by atoms with E-state index in [1.807, 2.05) is 12.1 Å². The molecule has 5 unspecified atom stereocenters. The molecule has 0 heterocycles. The summed E-state index contributed by atoms with van der Waals surface area (Å²) in [5.41, 5.74) is 1.07. The average Bonchev–Trinajstić information content (AvgIpc) is 2.80. The number of hydrogen-bond donors (Lipinski definition) is 0. The first-order valence-corrected chi connectivity index (χ1v) is 7.99. The van der Waals surface area contributed by atoms with Gasteiger partial charge in [-0.3, -0.25) is 0 Å². The third-order valence-corrected chi connectivity index (χ3v) is 6.55. The molecule has 0 aromatic heterocycles. The lowest BCUT2D eigenvalue weighted by molar-refractivity contribution is 0.454. The molecule has 3 heteroatoms. The summed E-state index contributed by atoms with van der Waals surface area (Å²) in [6.45, 7) is 0. The molecule has 96 valence electrons. The Labute approximate surface area is 120 Å². The van der Waals surface area contributed by atoms with E-state index < -0.39 is 0 Å². The topological polar surface area (TPSA) is 0 Å². The molecule has 18 heavy (non-hydrogen) atoms. The molecule has 0 amide bonds. The van der Waals surface area contributed by atoms with Gasteiger partial charge in [-0.25, -0.2) is 4.39 Å². The molecule has 1 aromatic rings. The maximum atomic E-state index is 13.3. The number of halogens is 3. The first-order chi connectivity index (χ1) is 8.66. The molecule has 0 nitrogen and oxygen atoms in total. The van der Waals surface area contributed by atoms with Crippen molar-refractivity contribution in [1.29, 1.82) is 0 Å². The van der Waals surface area contributed by atoms with E-state index in [0.29, 0.717) is 10.4 Å². The maximum Gasteiger partial charge on any atom is 0.137 e. The third kappa shape index (κ3) is 1.54. The fraction of sp³-hybridized carbons (Fsp3) is 0.600. The molecule has 5 atom stereocenters. The zero-order valence-electron chi connectivity index (χ0n) is 9.95. The van der Waals surface area contributed by atoms with Crippen molar-refractivity contribution in [3.63, 3.8) is 0 Å². The molecular formula is C15H15BrClF. The highest BCUT2D eigenvalue weighted by molar-refractivity contribution is 9.10. The van der Waals surface area contributed by atoms with Crippen molar-refractivity contribution in [2.24, 2.45) is 29.6 Å². The van der Waals surface area contributed by atoms with Crippen molar-refractivity contribution in [2.75, 3.05) is 0 Å². The van der Waals surface area contributed by atoms with E-state index in [9.17, 15) is 4.39 Å². The van der Waals surface area contributed by atoms with Crippen molar-refractivity contribution in [1.82, 2.24) is 0 Å². The first-order valence-electron chi connectivity index (χ1n) is 6.76. The molecule has 3 aliphatic rings. The van der Waals surface area contributed by atoms with E-state index in [2.05, 4.69) is 15.9 Å². The van der Waals surface area contributed by atoms with Crippen molar-refractivity contribution < 1.29 is 4.39 Å². The van der Waals surface area contributed by atoms with Crippen molar-refractivity contribution >= 4 is 27.5 Å². The molecule has 4 rings (SSSR count). The van der Waals surface area contributed by atoms with E-state index in [4.69, 9.17) is 11.6 Å². The Balaban J connectivity index is 1.58. The van der Waals surface area contributed by atoms with Crippen molar-refractivity contribution in [3.8, 4) is 0 Å². The van der Waals surface area contributed by atoms with Crippen LogP contribution in [0, 0.1) is 35.4 Å². The van der Waals surface area contributed by atoms with Gasteiger partial charge in [-0.1, -0.05) is 6.07 Å². The number of benzene rings is 1. The van der Waals surface area contributed by atoms with Crippen LogP contribution < -0.4 is 0 Å². The second-order valence-electron chi connectivity index (χ2n) is 6.14. The smallest absolute Gasteiger partial charge is 0.137 e. The van der Waals surface area contributed by atoms with Gasteiger partial charge in [0.25, 0.3) is 0 Å². The summed E-state index contributed by atoms with van der Waals surface area (Å²) in [7, 11) is 0. The highest BCUT2D eigenvalue weighted by Gasteiger charge is 2.66. The van der Waals surface area contributed by atoms with Gasteiger partial charge in [-0.05, 0) is 82.5 Å². The predicted molar refractivity (Wildman–Crippen MR) is 74.0 cm³/mol. The minimum absolute atomic E-state index is 0.0697. The van der Waals surface area contributed by atoms with Crippen LogP contribution in [-0.4, -0.2) is 0 Å². The Hall–Kier alpha value is -0.0800. The minimum atomic E-state index is -0.210. The summed E-state index contributed by atoms with van der Waals surface area (Å²) in [4.78, 5) is 0. The van der Waals surface area contributed by atoms with Crippen LogP contribution >= 0.6 is 27.5 Å². The Morgan fingerprint density at radius 3 is 2.50 bits per heavy atom. The molecule has 0 saturated heterocycles. The molecule has 3 fully saturated rings. The molecule has 0 spiro atoms. The lowest BCUT2D eigenvalue weighted by Gasteiger charge is -2.15. The summed E-state index contributed by atoms with van der Waals surface area (Å²) >= 11 is 9.89. The average molecular weight is 330 g/mol. The van der Waals surface area contributed by atoms with Crippen LogP contribution in [0.4, 0.5) is 4.39 Å². The molecule has 1 aromatic carbocycles. The van der Waals surface area contributed by atoms with Gasteiger partial charge in [0, 0.05) is 0 Å². The monoisotopic (exact) mass is 328 g/mol. The van der Waals surface area contributed by atoms with Crippen LogP contribution in [0.15, 0.2) is 22.7 Å². The van der Waals surface area contributed by atoms with Gasteiger partial charge >= 0.3 is 0 Å². The lowest BCUT2D eigenvalue weighted by Crippen LogP contribution is -2.04. The third-order valence-electron chi connectivity index (χ3n) is 5.39. The minimum Gasteiger partial charge on any atom is -0.206 e. The van der Waals surface area contributed by atoms with Crippen LogP contribution in [-0.2, 0) is 0 Å². The largest absolute Gasteiger partial charge is 0.206 e. The maximum absolute atomic E-state index is 13.3. The Bertz CT molecular complexity index is 487. The molecular weight excluding hydrogens is 315 g/mol. The Morgan fingerprint density at radius 2 is 1.89 bits per heavy atom. The van der Waals surface area contributed by atoms with E-state index in [0.717, 1.165) is 29.2 Å². The van der Waals surface area contributed by atoms with E-state index in [1.165, 1.54) is 25.3 Å². The highest BCUT2D eigenvalue weighted by Crippen LogP contribution is 2.73. The summed E-state index contributed by atoms with van der Waals surface area (Å²) in [6, 6.07) is 5.21. The predicted octanol–water partition coefficient (Wildman–Crippen LogP) is 5.16. The van der Waals surface area contributed by atoms with Crippen LogP contribution in [0.5, 0.6) is 0 Å². The van der Waals surface area contributed by atoms with Crippen LogP contribution in [0.2, 0.25) is 0 Å². The standard InChI is InChI=1S/C15H15BrClF/c16-10-6-9(3-4-11(10)18)15(17)14-12-7-1-2-8(5-7)13(12)14/h3-4,6-8,12-15H,1-2,5H2. The fourth-order valence-corrected chi connectivity index (χ4v) is 5.56. The van der Waals surface area contributed by atoms with Crippen LogP contribution in [0.1, 0.15) is 30.2 Å².